The number of benzene rings is 1. The number of nitrogens with one attached hydrogen (secondary N) is 1. The number of ether oxygens (including phenoxy) is 2. The molecule has 1 rings (SSSR count). The first-order chi connectivity index (χ1) is 11.5. The summed E-state index contributed by atoms with van der Waals surface area (Å²) in [5.41, 5.74) is 0.0825. The van der Waals surface area contributed by atoms with Gasteiger partial charge in [0.1, 0.15) is 12.2 Å². The lowest BCUT2D eigenvalue weighted by molar-refractivity contribution is 0.0494. The highest BCUT2D eigenvalue weighted by Crippen LogP contribution is 2.16. The van der Waals surface area contributed by atoms with E-state index in [1.807, 2.05) is 65.0 Å². The van der Waals surface area contributed by atoms with E-state index in [2.05, 4.69) is 5.32 Å². The monoisotopic (exact) mass is 350 g/mol. The maximum absolute atomic E-state index is 12.1. The maximum Gasteiger partial charge on any atom is 0.409 e. The van der Waals surface area contributed by atoms with Crippen molar-refractivity contribution in [2.45, 2.75) is 46.8 Å². The van der Waals surface area contributed by atoms with Crippen LogP contribution in [0.15, 0.2) is 30.3 Å². The molecule has 0 aliphatic heterocycles. The Morgan fingerprint density at radius 2 is 1.68 bits per heavy atom. The number of carbonyl (C=O) groups excluding carboxylic acids is 2. The number of alkyl carbamates (subject to hydrolysis) is 1. The van der Waals surface area contributed by atoms with Crippen molar-refractivity contribution < 1.29 is 19.1 Å². The fourth-order valence-electron chi connectivity index (χ4n) is 2.22. The zero-order valence-corrected chi connectivity index (χ0v) is 16.1. The van der Waals surface area contributed by atoms with Crippen molar-refractivity contribution in [2.24, 2.45) is 5.41 Å². The number of rotatable bonds is 6. The second kappa shape index (κ2) is 8.74. The molecule has 1 N–H and O–H groups in total. The summed E-state index contributed by atoms with van der Waals surface area (Å²) < 4.78 is 10.5. The lowest BCUT2D eigenvalue weighted by Gasteiger charge is -2.30. The lowest BCUT2D eigenvalue weighted by Crippen LogP contribution is -2.44. The van der Waals surface area contributed by atoms with Crippen LogP contribution in [0.25, 0.3) is 0 Å². The second-order valence-electron chi connectivity index (χ2n) is 7.92. The fraction of sp³-hybridized carbons (Fsp3) is 0.579. The zero-order valence-electron chi connectivity index (χ0n) is 16.1. The minimum Gasteiger partial charge on any atom is -0.445 e. The first kappa shape index (κ1) is 20.8. The molecule has 6 nitrogen and oxygen atoms in total. The van der Waals surface area contributed by atoms with Gasteiger partial charge in [-0.15, -0.1) is 0 Å². The Bertz CT molecular complexity index is 565. The van der Waals surface area contributed by atoms with Gasteiger partial charge in [0.2, 0.25) is 0 Å². The number of hydrogen-bond donors (Lipinski definition) is 1. The van der Waals surface area contributed by atoms with Crippen LogP contribution in [0.1, 0.15) is 40.2 Å². The summed E-state index contributed by atoms with van der Waals surface area (Å²) in [5, 5.41) is 2.74. The van der Waals surface area contributed by atoms with Crippen molar-refractivity contribution in [2.75, 3.05) is 20.1 Å². The molecule has 140 valence electrons. The van der Waals surface area contributed by atoms with Gasteiger partial charge in [-0.05, 0) is 31.7 Å². The lowest BCUT2D eigenvalue weighted by atomic mass is 9.93. The number of amides is 2. The van der Waals surface area contributed by atoms with Gasteiger partial charge in [-0.25, -0.2) is 9.59 Å². The van der Waals surface area contributed by atoms with E-state index in [0.29, 0.717) is 13.1 Å². The van der Waals surface area contributed by atoms with Crippen molar-refractivity contribution in [3.8, 4) is 0 Å². The molecule has 2 amide bonds. The van der Waals surface area contributed by atoms with E-state index >= 15 is 0 Å². The molecule has 0 aliphatic rings. The summed E-state index contributed by atoms with van der Waals surface area (Å²) in [7, 11) is 1.68. The predicted octanol–water partition coefficient (Wildman–Crippen LogP) is 3.81. The van der Waals surface area contributed by atoms with E-state index in [-0.39, 0.29) is 12.0 Å². The molecule has 1 aromatic carbocycles. The molecule has 0 bridgehead atoms. The standard InChI is InChI=1S/C19H30N2O4/c1-18(2,3)25-16(22)20-13-19(4,5)14-21(6)17(23)24-12-15-10-8-7-9-11-15/h7-11H,12-14H2,1-6H3,(H,20,22). The molecule has 0 aromatic heterocycles. The van der Waals surface area contributed by atoms with Gasteiger partial charge in [-0.3, -0.25) is 0 Å². The Morgan fingerprint density at radius 1 is 1.08 bits per heavy atom. The van der Waals surface area contributed by atoms with Crippen molar-refractivity contribution in [1.29, 1.82) is 0 Å². The average molecular weight is 350 g/mol. The highest BCUT2D eigenvalue weighted by molar-refractivity contribution is 5.68. The van der Waals surface area contributed by atoms with Gasteiger partial charge in [0.05, 0.1) is 0 Å². The summed E-state index contributed by atoms with van der Waals surface area (Å²) in [6, 6.07) is 9.53. The molecular formula is C19H30N2O4. The molecule has 0 saturated heterocycles. The van der Waals surface area contributed by atoms with Gasteiger partial charge in [0, 0.05) is 20.1 Å². The third-order valence-electron chi connectivity index (χ3n) is 3.29. The minimum absolute atomic E-state index is 0.237. The van der Waals surface area contributed by atoms with Crippen LogP contribution in [0.2, 0.25) is 0 Å². The molecule has 25 heavy (non-hydrogen) atoms. The Morgan fingerprint density at radius 3 is 2.24 bits per heavy atom. The molecule has 1 aromatic rings. The topological polar surface area (TPSA) is 67.9 Å². The van der Waals surface area contributed by atoms with E-state index in [4.69, 9.17) is 9.47 Å². The van der Waals surface area contributed by atoms with Gasteiger partial charge < -0.3 is 19.7 Å². The minimum atomic E-state index is -0.535. The Balaban J connectivity index is 2.41. The van der Waals surface area contributed by atoms with Crippen molar-refractivity contribution in [3.05, 3.63) is 35.9 Å². The molecule has 0 aliphatic carbocycles. The van der Waals surface area contributed by atoms with Crippen molar-refractivity contribution in [1.82, 2.24) is 10.2 Å². The summed E-state index contributed by atoms with van der Waals surface area (Å²) in [5.74, 6) is 0. The molecule has 0 spiro atoms. The highest BCUT2D eigenvalue weighted by atomic mass is 16.6. The summed E-state index contributed by atoms with van der Waals surface area (Å²) in [6.45, 7) is 10.4. The average Bonchev–Trinajstić information content (AvgIpc) is 2.49. The van der Waals surface area contributed by atoms with Crippen LogP contribution in [0.3, 0.4) is 0 Å². The van der Waals surface area contributed by atoms with Crippen LogP contribution in [-0.4, -0.2) is 42.8 Å². The Hall–Kier alpha value is -2.24. The van der Waals surface area contributed by atoms with E-state index in [1.165, 1.54) is 4.90 Å². The quantitative estimate of drug-likeness (QED) is 0.847. The van der Waals surface area contributed by atoms with E-state index in [1.54, 1.807) is 7.05 Å². The molecule has 0 unspecified atom stereocenters. The van der Waals surface area contributed by atoms with Gasteiger partial charge in [-0.1, -0.05) is 44.2 Å². The number of hydrogen-bond acceptors (Lipinski definition) is 4. The van der Waals surface area contributed by atoms with Crippen LogP contribution in [0, 0.1) is 5.41 Å². The van der Waals surface area contributed by atoms with Gasteiger partial charge in [-0.2, -0.15) is 0 Å². The number of carbonyl (C=O) groups is 2. The van der Waals surface area contributed by atoms with E-state index in [9.17, 15) is 9.59 Å². The van der Waals surface area contributed by atoms with Gasteiger partial charge in [0.25, 0.3) is 0 Å². The Kier molecular flexibility index (Phi) is 7.27. The van der Waals surface area contributed by atoms with Gasteiger partial charge in [0.15, 0.2) is 0 Å². The SMILES string of the molecule is CN(CC(C)(C)CNC(=O)OC(C)(C)C)C(=O)OCc1ccccc1. The van der Waals surface area contributed by atoms with Crippen molar-refractivity contribution in [3.63, 3.8) is 0 Å². The van der Waals surface area contributed by atoms with Crippen LogP contribution in [-0.2, 0) is 16.1 Å². The van der Waals surface area contributed by atoms with Crippen LogP contribution in [0.5, 0.6) is 0 Å². The molecule has 0 radical (unpaired) electrons. The van der Waals surface area contributed by atoms with Crippen LogP contribution in [0.4, 0.5) is 9.59 Å². The zero-order chi connectivity index (χ0) is 19.1. The molecular weight excluding hydrogens is 320 g/mol. The molecule has 0 heterocycles. The summed E-state index contributed by atoms with van der Waals surface area (Å²) >= 11 is 0. The predicted molar refractivity (Wildman–Crippen MR) is 97.3 cm³/mol. The first-order valence-electron chi connectivity index (χ1n) is 8.37. The first-order valence-corrected chi connectivity index (χ1v) is 8.37. The summed E-state index contributed by atoms with van der Waals surface area (Å²) in [6.07, 6.45) is -0.857. The largest absolute Gasteiger partial charge is 0.445 e. The maximum atomic E-state index is 12.1. The highest BCUT2D eigenvalue weighted by Gasteiger charge is 2.25. The van der Waals surface area contributed by atoms with Gasteiger partial charge >= 0.3 is 12.2 Å². The molecule has 0 atom stereocenters. The Labute approximate surface area is 150 Å². The fourth-order valence-corrected chi connectivity index (χ4v) is 2.22. The van der Waals surface area contributed by atoms with Crippen molar-refractivity contribution >= 4 is 12.2 Å². The molecule has 6 heteroatoms. The van der Waals surface area contributed by atoms with Crippen LogP contribution >= 0.6 is 0 Å². The number of nitrogens with zero attached hydrogens (tertiary/aromatic N) is 1. The van der Waals surface area contributed by atoms with E-state index < -0.39 is 17.8 Å². The normalized spacial score (nSPS) is 11.6. The van der Waals surface area contributed by atoms with E-state index in [0.717, 1.165) is 5.56 Å². The summed E-state index contributed by atoms with van der Waals surface area (Å²) in [4.78, 5) is 25.4. The third-order valence-corrected chi connectivity index (χ3v) is 3.29. The smallest absolute Gasteiger partial charge is 0.409 e. The third kappa shape index (κ3) is 8.98. The second-order valence-corrected chi connectivity index (χ2v) is 7.92. The molecule has 0 fully saturated rings. The molecule has 0 saturated carbocycles. The van der Waals surface area contributed by atoms with Crippen LogP contribution < -0.4 is 5.32 Å².